The zero-order valence-electron chi connectivity index (χ0n) is 10.6. The van der Waals surface area contributed by atoms with E-state index in [1.807, 2.05) is 6.92 Å². The molecule has 0 radical (unpaired) electrons. The van der Waals surface area contributed by atoms with Gasteiger partial charge in [0.25, 0.3) is 0 Å². The number of carboxylic acids is 1. The topological polar surface area (TPSA) is 66.8 Å². The Morgan fingerprint density at radius 1 is 1.41 bits per heavy atom. The van der Waals surface area contributed by atoms with Gasteiger partial charge in [0.2, 0.25) is 0 Å². The van der Waals surface area contributed by atoms with Gasteiger partial charge in [-0.2, -0.15) is 0 Å². The van der Waals surface area contributed by atoms with E-state index >= 15 is 0 Å². The minimum atomic E-state index is -0.920. The fourth-order valence-corrected chi connectivity index (χ4v) is 1.66. The molecule has 2 N–H and O–H groups in total. The summed E-state index contributed by atoms with van der Waals surface area (Å²) in [7, 11) is 1.47. The first-order chi connectivity index (χ1) is 7.77. The second kappa shape index (κ2) is 4.65. The predicted molar refractivity (Wildman–Crippen MR) is 64.5 cm³/mol. The van der Waals surface area contributed by atoms with Gasteiger partial charge in [0.1, 0.15) is 0 Å². The second-order valence-electron chi connectivity index (χ2n) is 4.84. The van der Waals surface area contributed by atoms with E-state index in [-0.39, 0.29) is 12.2 Å². The SMILES string of the molecule is COc1cc(C)cc(CC(C)(C)C(=O)O)c1O. The minimum Gasteiger partial charge on any atom is -0.504 e. The van der Waals surface area contributed by atoms with Crippen LogP contribution in [-0.4, -0.2) is 23.3 Å². The zero-order chi connectivity index (χ0) is 13.2. The van der Waals surface area contributed by atoms with Crippen molar-refractivity contribution >= 4 is 5.97 Å². The molecule has 0 aliphatic rings. The first-order valence-corrected chi connectivity index (χ1v) is 5.38. The quantitative estimate of drug-likeness (QED) is 0.845. The molecule has 1 aromatic rings. The number of aromatic hydroxyl groups is 1. The van der Waals surface area contributed by atoms with Gasteiger partial charge < -0.3 is 14.9 Å². The van der Waals surface area contributed by atoms with Crippen molar-refractivity contribution in [1.29, 1.82) is 0 Å². The summed E-state index contributed by atoms with van der Waals surface area (Å²) in [5.74, 6) is -0.494. The lowest BCUT2D eigenvalue weighted by molar-refractivity contribution is -0.146. The van der Waals surface area contributed by atoms with Crippen LogP contribution in [-0.2, 0) is 11.2 Å². The number of methoxy groups -OCH3 is 1. The number of benzene rings is 1. The van der Waals surface area contributed by atoms with Crippen LogP contribution in [0.2, 0.25) is 0 Å². The Kier molecular flexibility index (Phi) is 3.66. The Balaban J connectivity index is 3.15. The lowest BCUT2D eigenvalue weighted by Crippen LogP contribution is -2.26. The van der Waals surface area contributed by atoms with E-state index in [9.17, 15) is 9.90 Å². The lowest BCUT2D eigenvalue weighted by atomic mass is 9.85. The molecule has 0 atom stereocenters. The fraction of sp³-hybridized carbons (Fsp3) is 0.462. The van der Waals surface area contributed by atoms with Crippen molar-refractivity contribution in [3.63, 3.8) is 0 Å². The molecule has 0 amide bonds. The highest BCUT2D eigenvalue weighted by Gasteiger charge is 2.29. The molecule has 17 heavy (non-hydrogen) atoms. The average molecular weight is 238 g/mol. The predicted octanol–water partition coefficient (Wildman–Crippen LogP) is 2.36. The third kappa shape index (κ3) is 2.90. The molecule has 4 heteroatoms. The normalized spacial score (nSPS) is 11.3. The third-order valence-corrected chi connectivity index (χ3v) is 2.73. The van der Waals surface area contributed by atoms with Crippen LogP contribution in [0.4, 0.5) is 0 Å². The van der Waals surface area contributed by atoms with E-state index in [4.69, 9.17) is 9.84 Å². The van der Waals surface area contributed by atoms with E-state index in [0.29, 0.717) is 11.3 Å². The molecule has 94 valence electrons. The molecule has 0 aliphatic carbocycles. The number of carbonyl (C=O) groups is 1. The van der Waals surface area contributed by atoms with E-state index in [2.05, 4.69) is 0 Å². The Bertz CT molecular complexity index is 435. The second-order valence-corrected chi connectivity index (χ2v) is 4.84. The summed E-state index contributed by atoms with van der Waals surface area (Å²) in [6.07, 6.45) is 0.256. The Morgan fingerprint density at radius 2 is 2.00 bits per heavy atom. The molecule has 4 nitrogen and oxygen atoms in total. The summed E-state index contributed by atoms with van der Waals surface area (Å²) < 4.78 is 5.04. The maximum absolute atomic E-state index is 11.1. The van der Waals surface area contributed by atoms with E-state index < -0.39 is 11.4 Å². The highest BCUT2D eigenvalue weighted by molar-refractivity contribution is 5.74. The van der Waals surface area contributed by atoms with Crippen molar-refractivity contribution in [2.24, 2.45) is 5.41 Å². The third-order valence-electron chi connectivity index (χ3n) is 2.73. The Labute approximate surface area is 101 Å². The summed E-state index contributed by atoms with van der Waals surface area (Å²) in [5.41, 5.74) is 0.598. The zero-order valence-corrected chi connectivity index (χ0v) is 10.6. The molecular weight excluding hydrogens is 220 g/mol. The highest BCUT2D eigenvalue weighted by Crippen LogP contribution is 2.35. The van der Waals surface area contributed by atoms with Crippen LogP contribution in [0.1, 0.15) is 25.0 Å². The van der Waals surface area contributed by atoms with Gasteiger partial charge in [-0.15, -0.1) is 0 Å². The van der Waals surface area contributed by atoms with Gasteiger partial charge in [0.15, 0.2) is 11.5 Å². The molecule has 0 aromatic heterocycles. The van der Waals surface area contributed by atoms with Crippen molar-refractivity contribution in [3.8, 4) is 11.5 Å². The molecule has 0 unspecified atom stereocenters. The number of aryl methyl sites for hydroxylation is 1. The molecule has 0 bridgehead atoms. The molecular formula is C13H18O4. The minimum absolute atomic E-state index is 0.0208. The van der Waals surface area contributed by atoms with E-state index in [1.165, 1.54) is 7.11 Å². The van der Waals surface area contributed by atoms with Gasteiger partial charge in [-0.1, -0.05) is 6.07 Å². The van der Waals surface area contributed by atoms with Crippen LogP contribution >= 0.6 is 0 Å². The van der Waals surface area contributed by atoms with Gasteiger partial charge in [-0.05, 0) is 44.4 Å². The molecule has 1 aromatic carbocycles. The van der Waals surface area contributed by atoms with Gasteiger partial charge in [-0.3, -0.25) is 4.79 Å². The molecule has 0 fully saturated rings. The van der Waals surface area contributed by atoms with Crippen LogP contribution in [0.5, 0.6) is 11.5 Å². The molecule has 0 saturated carbocycles. The summed E-state index contributed by atoms with van der Waals surface area (Å²) in [6.45, 7) is 5.13. The number of rotatable bonds is 4. The molecule has 0 spiro atoms. The summed E-state index contributed by atoms with van der Waals surface area (Å²) in [4.78, 5) is 11.1. The summed E-state index contributed by atoms with van der Waals surface area (Å²) >= 11 is 0. The maximum Gasteiger partial charge on any atom is 0.309 e. The highest BCUT2D eigenvalue weighted by atomic mass is 16.5. The van der Waals surface area contributed by atoms with E-state index in [0.717, 1.165) is 5.56 Å². The molecule has 0 saturated heterocycles. The van der Waals surface area contributed by atoms with E-state index in [1.54, 1.807) is 26.0 Å². The van der Waals surface area contributed by atoms with Crippen LogP contribution < -0.4 is 4.74 Å². The van der Waals surface area contributed by atoms with Gasteiger partial charge >= 0.3 is 5.97 Å². The fourth-order valence-electron chi connectivity index (χ4n) is 1.66. The number of hydrogen-bond donors (Lipinski definition) is 2. The number of phenols is 1. The van der Waals surface area contributed by atoms with Crippen molar-refractivity contribution in [1.82, 2.24) is 0 Å². The number of carboxylic acid groups (broad SMARTS) is 1. The molecule has 0 aliphatic heterocycles. The monoisotopic (exact) mass is 238 g/mol. The standard InChI is InChI=1S/C13H18O4/c1-8-5-9(7-13(2,3)12(15)16)11(14)10(6-8)17-4/h5-6,14H,7H2,1-4H3,(H,15,16). The first-order valence-electron chi connectivity index (χ1n) is 5.38. The maximum atomic E-state index is 11.1. The number of ether oxygens (including phenoxy) is 1. The van der Waals surface area contributed by atoms with Crippen LogP contribution in [0.15, 0.2) is 12.1 Å². The first kappa shape index (κ1) is 13.4. The van der Waals surface area contributed by atoms with Crippen LogP contribution in [0.25, 0.3) is 0 Å². The Morgan fingerprint density at radius 3 is 2.47 bits per heavy atom. The number of aliphatic carboxylic acids is 1. The average Bonchev–Trinajstić information content (AvgIpc) is 2.22. The van der Waals surface area contributed by atoms with Crippen LogP contribution in [0.3, 0.4) is 0 Å². The largest absolute Gasteiger partial charge is 0.504 e. The number of hydrogen-bond acceptors (Lipinski definition) is 3. The molecule has 1 rings (SSSR count). The lowest BCUT2D eigenvalue weighted by Gasteiger charge is -2.20. The Hall–Kier alpha value is -1.71. The van der Waals surface area contributed by atoms with Gasteiger partial charge in [0, 0.05) is 0 Å². The van der Waals surface area contributed by atoms with Crippen molar-refractivity contribution in [2.45, 2.75) is 27.2 Å². The van der Waals surface area contributed by atoms with Crippen molar-refractivity contribution in [2.75, 3.05) is 7.11 Å². The smallest absolute Gasteiger partial charge is 0.309 e. The van der Waals surface area contributed by atoms with Crippen LogP contribution in [0, 0.1) is 12.3 Å². The van der Waals surface area contributed by atoms with Crippen molar-refractivity contribution < 1.29 is 19.7 Å². The van der Waals surface area contributed by atoms with Gasteiger partial charge in [0.05, 0.1) is 12.5 Å². The summed E-state index contributed by atoms with van der Waals surface area (Å²) in [5, 5.41) is 19.0. The number of phenolic OH excluding ortho intramolecular Hbond substituents is 1. The van der Waals surface area contributed by atoms with Crippen molar-refractivity contribution in [3.05, 3.63) is 23.3 Å². The summed E-state index contributed by atoms with van der Waals surface area (Å²) in [6, 6.07) is 3.50. The van der Waals surface area contributed by atoms with Gasteiger partial charge in [-0.25, -0.2) is 0 Å². The molecule has 0 heterocycles.